The molecular weight excluding hydrogens is 227 g/mol. The van der Waals surface area contributed by atoms with Crippen LogP contribution in [0.25, 0.3) is 0 Å². The summed E-state index contributed by atoms with van der Waals surface area (Å²) in [7, 11) is 0. The Balaban J connectivity index is 2.11. The average molecular weight is 250 g/mol. The van der Waals surface area contributed by atoms with Crippen LogP contribution in [-0.2, 0) is 6.42 Å². The van der Waals surface area contributed by atoms with Gasteiger partial charge in [0.15, 0.2) is 0 Å². The first-order valence-electron chi connectivity index (χ1n) is 6.91. The van der Waals surface area contributed by atoms with Gasteiger partial charge in [0.25, 0.3) is 0 Å². The molecule has 0 bridgehead atoms. The second-order valence-corrected chi connectivity index (χ2v) is 5.47. The molecule has 1 fully saturated rings. The molecule has 0 radical (unpaired) electrons. The van der Waals surface area contributed by atoms with Crippen LogP contribution in [0.15, 0.2) is 24.3 Å². The zero-order chi connectivity index (χ0) is 13.0. The Morgan fingerprint density at radius 3 is 2.39 bits per heavy atom. The van der Waals surface area contributed by atoms with Gasteiger partial charge in [-0.05, 0) is 48.8 Å². The van der Waals surface area contributed by atoms with E-state index in [-0.39, 0.29) is 11.9 Å². The molecule has 100 valence electrons. The zero-order valence-electron chi connectivity index (χ0n) is 11.1. The highest BCUT2D eigenvalue weighted by Gasteiger charge is 2.39. The lowest BCUT2D eigenvalue weighted by atomic mass is 9.74. The molecular formula is C15H23FN2. The smallest absolute Gasteiger partial charge is 0.123 e. The highest BCUT2D eigenvalue weighted by Crippen LogP contribution is 2.44. The molecule has 0 heterocycles. The fourth-order valence-corrected chi connectivity index (χ4v) is 3.34. The van der Waals surface area contributed by atoms with Gasteiger partial charge in [-0.1, -0.05) is 31.9 Å². The summed E-state index contributed by atoms with van der Waals surface area (Å²) in [6.07, 6.45) is 7.14. The van der Waals surface area contributed by atoms with Gasteiger partial charge in [0.1, 0.15) is 5.82 Å². The van der Waals surface area contributed by atoms with E-state index in [0.717, 1.165) is 18.4 Å². The monoisotopic (exact) mass is 250 g/mol. The molecule has 18 heavy (non-hydrogen) atoms. The Hall–Kier alpha value is -0.930. The van der Waals surface area contributed by atoms with Crippen molar-refractivity contribution in [2.45, 2.75) is 51.5 Å². The van der Waals surface area contributed by atoms with Gasteiger partial charge in [-0.2, -0.15) is 0 Å². The normalized spacial score (nSPS) is 19.9. The number of hydrogen-bond donors (Lipinski definition) is 2. The van der Waals surface area contributed by atoms with Crippen LogP contribution in [0.4, 0.5) is 4.39 Å². The Morgan fingerprint density at radius 2 is 1.89 bits per heavy atom. The van der Waals surface area contributed by atoms with E-state index in [4.69, 9.17) is 5.84 Å². The van der Waals surface area contributed by atoms with E-state index in [1.165, 1.54) is 37.8 Å². The fourth-order valence-electron chi connectivity index (χ4n) is 3.34. The van der Waals surface area contributed by atoms with Crippen molar-refractivity contribution >= 4 is 0 Å². The van der Waals surface area contributed by atoms with E-state index in [1.807, 2.05) is 12.1 Å². The molecule has 0 aromatic heterocycles. The molecule has 1 aromatic rings. The van der Waals surface area contributed by atoms with Crippen LogP contribution >= 0.6 is 0 Å². The third kappa shape index (κ3) is 2.73. The lowest BCUT2D eigenvalue weighted by molar-refractivity contribution is 0.185. The third-order valence-corrected chi connectivity index (χ3v) is 4.60. The fraction of sp³-hybridized carbons (Fsp3) is 0.600. The van der Waals surface area contributed by atoms with Crippen molar-refractivity contribution in [1.82, 2.24) is 5.43 Å². The van der Waals surface area contributed by atoms with Crippen molar-refractivity contribution < 1.29 is 4.39 Å². The van der Waals surface area contributed by atoms with Crippen LogP contribution in [0.2, 0.25) is 0 Å². The Bertz CT molecular complexity index is 369. The minimum Gasteiger partial charge on any atom is -0.271 e. The molecule has 3 N–H and O–H groups in total. The molecule has 2 rings (SSSR count). The summed E-state index contributed by atoms with van der Waals surface area (Å²) in [5.41, 5.74) is 4.48. The van der Waals surface area contributed by atoms with Crippen molar-refractivity contribution in [2.75, 3.05) is 0 Å². The second kappa shape index (κ2) is 5.81. The molecule has 1 saturated carbocycles. The van der Waals surface area contributed by atoms with E-state index in [2.05, 4.69) is 12.3 Å². The summed E-state index contributed by atoms with van der Waals surface area (Å²) in [6.45, 7) is 2.25. The first-order chi connectivity index (χ1) is 8.70. The Kier molecular flexibility index (Phi) is 4.36. The average Bonchev–Trinajstić information content (AvgIpc) is 2.88. The lowest BCUT2D eigenvalue weighted by Crippen LogP contribution is -2.48. The molecule has 0 saturated heterocycles. The van der Waals surface area contributed by atoms with E-state index in [9.17, 15) is 4.39 Å². The second-order valence-electron chi connectivity index (χ2n) is 5.47. The van der Waals surface area contributed by atoms with E-state index in [1.54, 1.807) is 0 Å². The molecule has 1 atom stereocenters. The number of hydrazine groups is 1. The van der Waals surface area contributed by atoms with Crippen molar-refractivity contribution in [3.8, 4) is 0 Å². The number of nitrogens with two attached hydrogens (primary N) is 1. The maximum Gasteiger partial charge on any atom is 0.123 e. The lowest BCUT2D eigenvalue weighted by Gasteiger charge is -2.36. The minimum absolute atomic E-state index is 0.179. The topological polar surface area (TPSA) is 38.0 Å². The van der Waals surface area contributed by atoms with Crippen LogP contribution in [0, 0.1) is 11.2 Å². The van der Waals surface area contributed by atoms with E-state index in [0.29, 0.717) is 5.41 Å². The highest BCUT2D eigenvalue weighted by molar-refractivity contribution is 5.18. The predicted octanol–water partition coefficient (Wildman–Crippen LogP) is 3.17. The van der Waals surface area contributed by atoms with E-state index >= 15 is 0 Å². The molecule has 0 amide bonds. The van der Waals surface area contributed by atoms with Gasteiger partial charge in [0.05, 0.1) is 0 Å². The van der Waals surface area contributed by atoms with Crippen molar-refractivity contribution in [3.05, 3.63) is 35.6 Å². The highest BCUT2D eigenvalue weighted by atomic mass is 19.1. The van der Waals surface area contributed by atoms with Crippen molar-refractivity contribution in [1.29, 1.82) is 0 Å². The summed E-state index contributed by atoms with van der Waals surface area (Å²) >= 11 is 0. The molecule has 1 aliphatic carbocycles. The van der Waals surface area contributed by atoms with Crippen LogP contribution in [0.5, 0.6) is 0 Å². The molecule has 1 unspecified atom stereocenters. The first kappa shape index (κ1) is 13.5. The maximum atomic E-state index is 12.9. The molecule has 0 spiro atoms. The summed E-state index contributed by atoms with van der Waals surface area (Å²) in [6, 6.07) is 7.05. The van der Waals surface area contributed by atoms with Crippen LogP contribution in [-0.4, -0.2) is 6.04 Å². The number of benzene rings is 1. The molecule has 1 aliphatic rings. The molecule has 1 aromatic carbocycles. The summed E-state index contributed by atoms with van der Waals surface area (Å²) in [5.74, 6) is 5.59. The number of nitrogens with one attached hydrogen (secondary N) is 1. The number of halogens is 1. The van der Waals surface area contributed by atoms with Gasteiger partial charge in [-0.25, -0.2) is 4.39 Å². The predicted molar refractivity (Wildman–Crippen MR) is 72.4 cm³/mol. The molecule has 3 heteroatoms. The van der Waals surface area contributed by atoms with Gasteiger partial charge >= 0.3 is 0 Å². The Labute approximate surface area is 109 Å². The van der Waals surface area contributed by atoms with Crippen molar-refractivity contribution in [2.24, 2.45) is 11.3 Å². The quantitative estimate of drug-likeness (QED) is 0.622. The third-order valence-electron chi connectivity index (χ3n) is 4.60. The SMILES string of the molecule is CCC1(C(Cc2ccc(F)cc2)NN)CCCC1. The Morgan fingerprint density at radius 1 is 1.28 bits per heavy atom. The van der Waals surface area contributed by atoms with Gasteiger partial charge < -0.3 is 0 Å². The number of rotatable bonds is 5. The summed E-state index contributed by atoms with van der Waals surface area (Å²) in [5, 5.41) is 0. The molecule has 2 nitrogen and oxygen atoms in total. The summed E-state index contributed by atoms with van der Waals surface area (Å²) < 4.78 is 12.9. The van der Waals surface area contributed by atoms with Gasteiger partial charge in [0, 0.05) is 6.04 Å². The minimum atomic E-state index is -0.179. The zero-order valence-corrected chi connectivity index (χ0v) is 11.1. The van der Waals surface area contributed by atoms with Crippen LogP contribution in [0.1, 0.15) is 44.6 Å². The van der Waals surface area contributed by atoms with Gasteiger partial charge in [-0.15, -0.1) is 0 Å². The maximum absolute atomic E-state index is 12.9. The van der Waals surface area contributed by atoms with Gasteiger partial charge in [0.2, 0.25) is 0 Å². The number of hydrogen-bond acceptors (Lipinski definition) is 2. The largest absolute Gasteiger partial charge is 0.271 e. The van der Waals surface area contributed by atoms with Crippen LogP contribution < -0.4 is 11.3 Å². The standard InChI is InChI=1S/C15H23FN2/c1-2-15(9-3-4-10-15)14(18-17)11-12-5-7-13(16)8-6-12/h5-8,14,18H,2-4,9-11,17H2,1H3. The van der Waals surface area contributed by atoms with Crippen molar-refractivity contribution in [3.63, 3.8) is 0 Å². The van der Waals surface area contributed by atoms with E-state index < -0.39 is 0 Å². The summed E-state index contributed by atoms with van der Waals surface area (Å²) in [4.78, 5) is 0. The van der Waals surface area contributed by atoms with Gasteiger partial charge in [-0.3, -0.25) is 11.3 Å². The first-order valence-corrected chi connectivity index (χ1v) is 6.91. The molecule has 0 aliphatic heterocycles. The van der Waals surface area contributed by atoms with Crippen LogP contribution in [0.3, 0.4) is 0 Å².